The summed E-state index contributed by atoms with van der Waals surface area (Å²) in [5.41, 5.74) is 14.9. The number of rotatable bonds is 23. The van der Waals surface area contributed by atoms with E-state index in [2.05, 4.69) is 47.9 Å². The Morgan fingerprint density at radius 3 is 0.875 bits per heavy atom. The summed E-state index contributed by atoms with van der Waals surface area (Å²) in [7, 11) is 10.0. The van der Waals surface area contributed by atoms with Gasteiger partial charge in [0.05, 0.1) is 47.2 Å². The molecule has 25 heteroatoms. The van der Waals surface area contributed by atoms with Crippen LogP contribution < -0.4 is 59.3 Å². The van der Waals surface area contributed by atoms with Crippen molar-refractivity contribution in [1.29, 1.82) is 0 Å². The Morgan fingerprint density at radius 2 is 0.583 bits per heavy atom. The monoisotopic (exact) mass is 991 g/mol. The topological polar surface area (TPSA) is 326 Å². The van der Waals surface area contributed by atoms with Crippen molar-refractivity contribution in [3.63, 3.8) is 0 Å². The summed E-state index contributed by atoms with van der Waals surface area (Å²) in [6, 6.07) is 9.24. The van der Waals surface area contributed by atoms with Crippen LogP contribution in [0.5, 0.6) is 0 Å². The van der Waals surface area contributed by atoms with Crippen LogP contribution in [0, 0.1) is 0 Å². The first-order chi connectivity index (χ1) is 34.3. The van der Waals surface area contributed by atoms with Crippen molar-refractivity contribution < 1.29 is 38.4 Å². The average Bonchev–Trinajstić information content (AvgIpc) is 4.20. The highest BCUT2D eigenvalue weighted by atomic mass is 16.2. The van der Waals surface area contributed by atoms with Crippen molar-refractivity contribution in [1.82, 2.24) is 43.4 Å². The molecule has 382 valence electrons. The minimum Gasteiger partial charge on any atom is -0.351 e. The van der Waals surface area contributed by atoms with Gasteiger partial charge in [0.2, 0.25) is 11.8 Å². The lowest BCUT2D eigenvalue weighted by atomic mass is 10.3. The molecule has 0 unspecified atom stereocenters. The average molecular weight is 992 g/mol. The van der Waals surface area contributed by atoms with Crippen LogP contribution in [0.1, 0.15) is 82.2 Å². The van der Waals surface area contributed by atoms with E-state index in [1.54, 1.807) is 119 Å². The fourth-order valence-corrected chi connectivity index (χ4v) is 7.65. The van der Waals surface area contributed by atoms with Gasteiger partial charge in [-0.3, -0.25) is 38.4 Å². The lowest BCUT2D eigenvalue weighted by molar-refractivity contribution is -0.115. The fraction of sp³-hybridized carbons (Fsp3) is 0.319. The van der Waals surface area contributed by atoms with E-state index >= 15 is 0 Å². The van der Waals surface area contributed by atoms with E-state index in [9.17, 15) is 38.4 Å². The van der Waals surface area contributed by atoms with Crippen molar-refractivity contribution in [3.8, 4) is 0 Å². The number of unbranched alkanes of at least 4 members (excludes halogenated alkanes) is 1. The molecule has 6 rings (SSSR count). The Morgan fingerprint density at radius 1 is 0.347 bits per heavy atom. The van der Waals surface area contributed by atoms with Gasteiger partial charge >= 0.3 is 0 Å². The number of carbonyl (C=O) groups excluding carboxylic acids is 8. The molecule has 72 heavy (non-hydrogen) atoms. The van der Waals surface area contributed by atoms with Crippen LogP contribution >= 0.6 is 0 Å². The zero-order valence-electron chi connectivity index (χ0n) is 40.9. The van der Waals surface area contributed by atoms with E-state index in [4.69, 9.17) is 11.5 Å². The number of hydrogen-bond acceptors (Lipinski definition) is 11. The highest BCUT2D eigenvalue weighted by Crippen LogP contribution is 2.22. The Labute approximate surface area is 414 Å². The van der Waals surface area contributed by atoms with Crippen LogP contribution in [-0.4, -0.2) is 114 Å². The van der Waals surface area contributed by atoms with Crippen LogP contribution in [0.4, 0.5) is 34.1 Å². The maximum atomic E-state index is 13.2. The molecule has 0 saturated carbocycles. The zero-order valence-corrected chi connectivity index (χ0v) is 40.9. The van der Waals surface area contributed by atoms with E-state index in [1.165, 1.54) is 24.3 Å². The first kappa shape index (κ1) is 52.7. The van der Waals surface area contributed by atoms with Gasteiger partial charge in [-0.15, -0.1) is 0 Å². The van der Waals surface area contributed by atoms with Gasteiger partial charge in [0.15, 0.2) is 0 Å². The van der Waals surface area contributed by atoms with Gasteiger partial charge in [0, 0.05) is 92.6 Å². The SMILES string of the molecule is Cn1cc(NC(=O)c2cc(NC(=O)c3cc(NC(=O)CN)cn3C)cn2C)cc1C(=O)NCCCCNCCCNC(=O)c1cc(NC(=O)c2cc(NC(=O)c3cc(NC(=O)CN)cn3C)cn2C)cn1C. The Balaban J connectivity index is 0.850. The highest BCUT2D eigenvalue weighted by Gasteiger charge is 2.21. The normalized spacial score (nSPS) is 10.9. The van der Waals surface area contributed by atoms with Crippen molar-refractivity contribution in [3.05, 3.63) is 108 Å². The predicted molar refractivity (Wildman–Crippen MR) is 271 cm³/mol. The smallest absolute Gasteiger partial charge is 0.272 e. The summed E-state index contributed by atoms with van der Waals surface area (Å²) in [4.78, 5) is 102. The van der Waals surface area contributed by atoms with E-state index < -0.39 is 35.4 Å². The van der Waals surface area contributed by atoms with E-state index in [0.717, 1.165) is 6.42 Å². The first-order valence-electron chi connectivity index (χ1n) is 22.8. The van der Waals surface area contributed by atoms with Crippen molar-refractivity contribution in [2.75, 3.05) is 71.2 Å². The second-order valence-corrected chi connectivity index (χ2v) is 17.0. The number of hydrogen-bond donors (Lipinski definition) is 11. The van der Waals surface area contributed by atoms with E-state index in [0.29, 0.717) is 84.5 Å². The number of aryl methyl sites for hydroxylation is 6. The first-order valence-corrected chi connectivity index (χ1v) is 22.8. The van der Waals surface area contributed by atoms with Gasteiger partial charge in [0.25, 0.3) is 35.4 Å². The predicted octanol–water partition coefficient (Wildman–Crippen LogP) is 1.44. The molecule has 0 aliphatic heterocycles. The summed E-state index contributed by atoms with van der Waals surface area (Å²) in [5, 5.41) is 25.5. The third kappa shape index (κ3) is 13.5. The molecule has 0 bridgehead atoms. The molecular formula is C47H61N17O8. The van der Waals surface area contributed by atoms with Gasteiger partial charge in [-0.05, 0) is 68.8 Å². The molecule has 0 aliphatic carbocycles. The molecule has 0 spiro atoms. The lowest BCUT2D eigenvalue weighted by Crippen LogP contribution is -2.29. The van der Waals surface area contributed by atoms with Gasteiger partial charge < -0.3 is 86.7 Å². The van der Waals surface area contributed by atoms with Crippen LogP contribution in [0.2, 0.25) is 0 Å². The van der Waals surface area contributed by atoms with Crippen LogP contribution in [-0.2, 0) is 51.9 Å². The quantitative estimate of drug-likeness (QED) is 0.0408. The number of anilines is 6. The van der Waals surface area contributed by atoms with Crippen molar-refractivity contribution in [2.45, 2.75) is 19.3 Å². The Bertz CT molecular complexity index is 2800. The maximum Gasteiger partial charge on any atom is 0.272 e. The molecule has 0 aromatic carbocycles. The summed E-state index contributed by atoms with van der Waals surface area (Å²) in [6.45, 7) is 1.82. The standard InChI is InChI=1S/C47H61N17O8/c1-59-24-30(55-46(71)38-18-32(26-63(38)5)57-44(69)36-14-28(22-61(36)3)53-40(65)20-48)16-34(59)42(67)51-12-8-7-10-50-11-9-13-52-43(68)35-17-31(25-60(35)2)56-47(72)39-19-33(27-64(39)6)58-45(70)37-15-29(23-62(37)4)54-41(66)21-49/h14-19,22-27,50H,7-13,20-21,48-49H2,1-6H3,(H,51,67)(H,52,68)(H,53,65)(H,54,66)(H,55,71)(H,56,72)(H,57,69)(H,58,70). The molecule has 0 aliphatic rings. The maximum absolute atomic E-state index is 13.2. The van der Waals surface area contributed by atoms with Crippen molar-refractivity contribution >= 4 is 81.4 Å². The summed E-state index contributed by atoms with van der Waals surface area (Å²) < 4.78 is 9.47. The molecule has 6 aromatic heterocycles. The van der Waals surface area contributed by atoms with Crippen molar-refractivity contribution in [2.24, 2.45) is 53.8 Å². The van der Waals surface area contributed by atoms with E-state index in [1.807, 2.05) is 0 Å². The summed E-state index contributed by atoms with van der Waals surface area (Å²) in [6.07, 6.45) is 11.8. The molecule has 25 nitrogen and oxygen atoms in total. The molecule has 0 saturated heterocycles. The molecule has 6 heterocycles. The Kier molecular flexibility index (Phi) is 17.4. The van der Waals surface area contributed by atoms with Crippen LogP contribution in [0.15, 0.2) is 73.6 Å². The molecule has 6 aromatic rings. The minimum absolute atomic E-state index is 0.195. The van der Waals surface area contributed by atoms with Gasteiger partial charge in [-0.2, -0.15) is 0 Å². The third-order valence-electron chi connectivity index (χ3n) is 11.3. The van der Waals surface area contributed by atoms with Crippen LogP contribution in [0.25, 0.3) is 0 Å². The van der Waals surface area contributed by atoms with Crippen LogP contribution in [0.3, 0.4) is 0 Å². The highest BCUT2D eigenvalue weighted by molar-refractivity contribution is 6.09. The molecule has 0 fully saturated rings. The molecule has 0 radical (unpaired) electrons. The molecule has 8 amide bonds. The summed E-state index contributed by atoms with van der Waals surface area (Å²) >= 11 is 0. The third-order valence-corrected chi connectivity index (χ3v) is 11.3. The molecule has 0 atom stereocenters. The van der Waals surface area contributed by atoms with E-state index in [-0.39, 0.29) is 47.7 Å². The number of nitrogens with one attached hydrogen (secondary N) is 9. The number of nitrogens with zero attached hydrogens (tertiary/aromatic N) is 6. The number of aromatic nitrogens is 6. The Hall–Kier alpha value is -8.68. The second-order valence-electron chi connectivity index (χ2n) is 17.0. The second kappa shape index (κ2) is 23.8. The van der Waals surface area contributed by atoms with Gasteiger partial charge in [-0.1, -0.05) is 0 Å². The zero-order chi connectivity index (χ0) is 52.2. The number of amides is 8. The van der Waals surface area contributed by atoms with Gasteiger partial charge in [0.1, 0.15) is 34.2 Å². The van der Waals surface area contributed by atoms with Gasteiger partial charge in [-0.25, -0.2) is 0 Å². The number of nitrogens with two attached hydrogens (primary N) is 2. The lowest BCUT2D eigenvalue weighted by Gasteiger charge is -2.08. The molecule has 13 N–H and O–H groups in total. The summed E-state index contributed by atoms with van der Waals surface area (Å²) in [5.74, 6) is -3.18. The largest absolute Gasteiger partial charge is 0.351 e. The number of carbonyl (C=O) groups is 8. The molecular weight excluding hydrogens is 931 g/mol. The fourth-order valence-electron chi connectivity index (χ4n) is 7.65. The minimum atomic E-state index is -0.451.